The lowest BCUT2D eigenvalue weighted by atomic mass is 10.2. The first-order valence-electron chi connectivity index (χ1n) is 5.09. The fraction of sp³-hybridized carbons (Fsp3) is 0.273. The highest BCUT2D eigenvalue weighted by atomic mass is 16.5. The number of hydrogen-bond acceptors (Lipinski definition) is 5. The lowest BCUT2D eigenvalue weighted by molar-refractivity contribution is -0.139. The van der Waals surface area contributed by atoms with Gasteiger partial charge in [-0.3, -0.25) is 9.59 Å². The minimum absolute atomic E-state index is 0.178. The molecule has 0 bridgehead atoms. The van der Waals surface area contributed by atoms with Crippen LogP contribution in [0.1, 0.15) is 5.56 Å². The highest BCUT2D eigenvalue weighted by Crippen LogP contribution is 2.07. The van der Waals surface area contributed by atoms with Gasteiger partial charge in [0.1, 0.15) is 6.54 Å². The van der Waals surface area contributed by atoms with Crippen LogP contribution in [-0.4, -0.2) is 30.5 Å². The predicted octanol–water partition coefficient (Wildman–Crippen LogP) is -0.654. The summed E-state index contributed by atoms with van der Waals surface area (Å²) in [6, 6.07) is 5.04. The molecule has 1 rings (SSSR count). The van der Waals surface area contributed by atoms with Crippen molar-refractivity contribution in [1.82, 2.24) is 15.6 Å². The summed E-state index contributed by atoms with van der Waals surface area (Å²) in [6.45, 7) is -0.0208. The first-order valence-corrected chi connectivity index (χ1v) is 5.09. The van der Waals surface area contributed by atoms with E-state index in [1.807, 2.05) is 0 Å². The smallest absolute Gasteiger partial charge is 0.310 e. The number of nitriles is 1. The summed E-state index contributed by atoms with van der Waals surface area (Å²) in [6.07, 6.45) is 1.54. The second-order valence-corrected chi connectivity index (χ2v) is 3.23. The van der Waals surface area contributed by atoms with Gasteiger partial charge in [-0.15, -0.1) is 0 Å². The Labute approximate surface area is 104 Å². The third-order valence-corrected chi connectivity index (χ3v) is 2.00. The van der Waals surface area contributed by atoms with E-state index in [4.69, 9.17) is 10.00 Å². The van der Waals surface area contributed by atoms with E-state index in [-0.39, 0.29) is 13.1 Å². The van der Waals surface area contributed by atoms with E-state index in [1.165, 1.54) is 13.3 Å². The lowest BCUT2D eigenvalue weighted by Crippen LogP contribution is -2.39. The molecule has 0 atom stereocenters. The minimum atomic E-state index is -0.836. The quantitative estimate of drug-likeness (QED) is 0.544. The van der Waals surface area contributed by atoms with Crippen LogP contribution in [-0.2, 0) is 16.1 Å². The number of carbonyl (C=O) groups is 2. The van der Waals surface area contributed by atoms with Crippen molar-refractivity contribution in [3.05, 3.63) is 23.9 Å². The molecule has 0 aromatic carbocycles. The number of nitrogens with zero attached hydrogens (tertiary/aromatic N) is 2. The summed E-state index contributed by atoms with van der Waals surface area (Å²) >= 11 is 0. The van der Waals surface area contributed by atoms with Gasteiger partial charge in [0.25, 0.3) is 0 Å². The summed E-state index contributed by atoms with van der Waals surface area (Å²) in [7, 11) is 1.49. The van der Waals surface area contributed by atoms with Gasteiger partial charge in [0.15, 0.2) is 0 Å². The van der Waals surface area contributed by atoms with E-state index in [0.29, 0.717) is 5.88 Å². The van der Waals surface area contributed by atoms with Crippen LogP contribution in [0.25, 0.3) is 0 Å². The number of pyridine rings is 1. The van der Waals surface area contributed by atoms with Crippen LogP contribution < -0.4 is 15.4 Å². The normalized spacial score (nSPS) is 9.11. The maximum atomic E-state index is 11.3. The van der Waals surface area contributed by atoms with E-state index < -0.39 is 11.8 Å². The molecule has 0 saturated heterocycles. The molecule has 7 heteroatoms. The van der Waals surface area contributed by atoms with Gasteiger partial charge in [-0.05, 0) is 11.6 Å². The maximum Gasteiger partial charge on any atom is 0.310 e. The number of ether oxygens (including phenoxy) is 1. The topological polar surface area (TPSA) is 104 Å². The average Bonchev–Trinajstić information content (AvgIpc) is 2.42. The Morgan fingerprint density at radius 1 is 1.44 bits per heavy atom. The average molecular weight is 248 g/mol. The largest absolute Gasteiger partial charge is 0.481 e. The minimum Gasteiger partial charge on any atom is -0.481 e. The van der Waals surface area contributed by atoms with Crippen molar-refractivity contribution in [1.29, 1.82) is 5.26 Å². The van der Waals surface area contributed by atoms with Crippen molar-refractivity contribution in [3.63, 3.8) is 0 Å². The Hall–Kier alpha value is -2.62. The highest BCUT2D eigenvalue weighted by Gasteiger charge is 2.11. The Balaban J connectivity index is 2.47. The number of amides is 2. The number of hydrogen-bond donors (Lipinski definition) is 2. The van der Waals surface area contributed by atoms with E-state index >= 15 is 0 Å². The van der Waals surface area contributed by atoms with Crippen molar-refractivity contribution >= 4 is 11.8 Å². The zero-order valence-electron chi connectivity index (χ0n) is 9.77. The van der Waals surface area contributed by atoms with E-state index in [9.17, 15) is 9.59 Å². The summed E-state index contributed by atoms with van der Waals surface area (Å²) in [4.78, 5) is 26.3. The number of methoxy groups -OCH3 is 1. The Bertz CT molecular complexity index is 481. The Kier molecular flexibility index (Phi) is 5.12. The molecule has 1 aromatic rings. The molecule has 2 amide bonds. The van der Waals surface area contributed by atoms with Crippen molar-refractivity contribution in [2.24, 2.45) is 0 Å². The zero-order chi connectivity index (χ0) is 13.4. The van der Waals surface area contributed by atoms with Crippen molar-refractivity contribution in [3.8, 4) is 11.9 Å². The molecule has 0 spiro atoms. The van der Waals surface area contributed by atoms with Crippen LogP contribution in [0.5, 0.6) is 5.88 Å². The number of aromatic nitrogens is 1. The number of rotatable bonds is 4. The molecule has 0 aliphatic heterocycles. The molecule has 0 fully saturated rings. The van der Waals surface area contributed by atoms with Gasteiger partial charge >= 0.3 is 11.8 Å². The van der Waals surface area contributed by atoms with Crippen LogP contribution in [0.3, 0.4) is 0 Å². The van der Waals surface area contributed by atoms with Gasteiger partial charge in [-0.25, -0.2) is 4.98 Å². The van der Waals surface area contributed by atoms with E-state index in [0.717, 1.165) is 5.56 Å². The first kappa shape index (κ1) is 13.4. The van der Waals surface area contributed by atoms with E-state index in [2.05, 4.69) is 15.6 Å². The van der Waals surface area contributed by atoms with Crippen LogP contribution in [0.2, 0.25) is 0 Å². The summed E-state index contributed by atoms with van der Waals surface area (Å²) in [5.74, 6) is -1.20. The Morgan fingerprint density at radius 3 is 2.83 bits per heavy atom. The third kappa shape index (κ3) is 4.09. The van der Waals surface area contributed by atoms with Crippen LogP contribution in [0, 0.1) is 11.3 Å². The molecule has 1 heterocycles. The molecule has 0 radical (unpaired) electrons. The van der Waals surface area contributed by atoms with Crippen LogP contribution in [0.4, 0.5) is 0 Å². The summed E-state index contributed by atoms with van der Waals surface area (Å²) in [5.41, 5.74) is 0.753. The van der Waals surface area contributed by atoms with Gasteiger partial charge in [-0.1, -0.05) is 0 Å². The van der Waals surface area contributed by atoms with Crippen molar-refractivity contribution < 1.29 is 14.3 Å². The van der Waals surface area contributed by atoms with Gasteiger partial charge in [-0.2, -0.15) is 5.26 Å². The number of carbonyl (C=O) groups excluding carboxylic acids is 2. The SMILES string of the molecule is COc1cc(CNC(=O)C(=O)NCC#N)ccn1. The van der Waals surface area contributed by atoms with Crippen LogP contribution >= 0.6 is 0 Å². The lowest BCUT2D eigenvalue weighted by Gasteiger charge is -2.05. The van der Waals surface area contributed by atoms with Crippen molar-refractivity contribution in [2.45, 2.75) is 6.54 Å². The molecule has 7 nitrogen and oxygen atoms in total. The summed E-state index contributed by atoms with van der Waals surface area (Å²) in [5, 5.41) is 12.8. The zero-order valence-corrected chi connectivity index (χ0v) is 9.77. The highest BCUT2D eigenvalue weighted by molar-refractivity contribution is 6.35. The molecular weight excluding hydrogens is 236 g/mol. The molecular formula is C11H12N4O3. The molecule has 18 heavy (non-hydrogen) atoms. The first-order chi connectivity index (χ1) is 8.67. The molecule has 1 aromatic heterocycles. The van der Waals surface area contributed by atoms with E-state index in [1.54, 1.807) is 18.2 Å². The molecule has 0 saturated carbocycles. The fourth-order valence-corrected chi connectivity index (χ4v) is 1.13. The maximum absolute atomic E-state index is 11.3. The second-order valence-electron chi connectivity index (χ2n) is 3.23. The monoisotopic (exact) mass is 248 g/mol. The van der Waals surface area contributed by atoms with Gasteiger partial charge in [0.2, 0.25) is 5.88 Å². The molecule has 0 aliphatic carbocycles. The second kappa shape index (κ2) is 6.85. The Morgan fingerprint density at radius 2 is 2.17 bits per heavy atom. The molecule has 0 aliphatic rings. The van der Waals surface area contributed by atoms with Gasteiger partial charge in [0, 0.05) is 18.8 Å². The fourth-order valence-electron chi connectivity index (χ4n) is 1.13. The predicted molar refractivity (Wildman–Crippen MR) is 61.3 cm³/mol. The molecule has 94 valence electrons. The van der Waals surface area contributed by atoms with Gasteiger partial charge < -0.3 is 15.4 Å². The summed E-state index contributed by atoms with van der Waals surface area (Å²) < 4.78 is 4.92. The number of nitrogens with one attached hydrogen (secondary N) is 2. The van der Waals surface area contributed by atoms with Gasteiger partial charge in [0.05, 0.1) is 13.2 Å². The van der Waals surface area contributed by atoms with Crippen molar-refractivity contribution in [2.75, 3.05) is 13.7 Å². The molecule has 0 unspecified atom stereocenters. The third-order valence-electron chi connectivity index (χ3n) is 2.00. The molecule has 2 N–H and O–H groups in total. The van der Waals surface area contributed by atoms with Crippen LogP contribution in [0.15, 0.2) is 18.3 Å². The standard InChI is InChI=1S/C11H12N4O3/c1-18-9-6-8(2-4-13-9)7-15-11(17)10(16)14-5-3-12/h2,4,6H,5,7H2,1H3,(H,14,16)(H,15,17).